The molecule has 0 aromatic heterocycles. The van der Waals surface area contributed by atoms with Crippen LogP contribution < -0.4 is 9.47 Å². The maximum absolute atomic E-state index is 10.7. The summed E-state index contributed by atoms with van der Waals surface area (Å²) in [6.07, 6.45) is 3.74. The maximum Gasteiger partial charge on any atom is 0.210 e. The van der Waals surface area contributed by atoms with E-state index in [2.05, 4.69) is 0 Å². The number of allylic oxidation sites excluding steroid dienone is 4. The Balaban J connectivity index is 1.58. The van der Waals surface area contributed by atoms with E-state index in [0.29, 0.717) is 32.3 Å². The predicted octanol–water partition coefficient (Wildman–Crippen LogP) is 8.94. The van der Waals surface area contributed by atoms with E-state index in [-0.39, 0.29) is 93.2 Å². The molecule has 4 aliphatic rings. The lowest BCUT2D eigenvalue weighted by Gasteiger charge is -2.15. The van der Waals surface area contributed by atoms with Gasteiger partial charge in [0.25, 0.3) is 0 Å². The second-order valence-electron chi connectivity index (χ2n) is 10.0. The van der Waals surface area contributed by atoms with Crippen molar-refractivity contribution in [1.29, 1.82) is 0 Å². The van der Waals surface area contributed by atoms with Gasteiger partial charge in [-0.25, -0.2) is 0 Å². The second kappa shape index (κ2) is 12.9. The van der Waals surface area contributed by atoms with Gasteiger partial charge in [0.05, 0.1) is 10.0 Å². The Morgan fingerprint density at radius 1 is 0.455 bits per heavy atom. The van der Waals surface area contributed by atoms with E-state index in [9.17, 15) is 30.6 Å². The molecule has 44 heavy (non-hydrogen) atoms. The van der Waals surface area contributed by atoms with E-state index in [4.69, 9.17) is 55.9 Å². The largest absolute Gasteiger partial charge is 0.508 e. The molecule has 228 valence electrons. The summed E-state index contributed by atoms with van der Waals surface area (Å²) in [7, 11) is 0. The molecule has 0 unspecified atom stereocenters. The van der Waals surface area contributed by atoms with Crippen LogP contribution in [0.4, 0.5) is 0 Å². The molecule has 4 aromatic carbocycles. The lowest BCUT2D eigenvalue weighted by molar-refractivity contribution is 0.374. The third kappa shape index (κ3) is 7.00. The van der Waals surface area contributed by atoms with Crippen molar-refractivity contribution in [2.24, 2.45) is 0 Å². The Bertz CT molecular complexity index is 1650. The van der Waals surface area contributed by atoms with Gasteiger partial charge in [-0.1, -0.05) is 58.6 Å². The van der Waals surface area contributed by atoms with Gasteiger partial charge >= 0.3 is 0 Å². The first-order chi connectivity index (χ1) is 20.9. The quantitative estimate of drug-likeness (QED) is 0.108. The number of ether oxygens (including phenoxy) is 2. The fourth-order valence-electron chi connectivity index (χ4n) is 4.57. The third-order valence-corrected chi connectivity index (χ3v) is 7.91. The van der Waals surface area contributed by atoms with Crippen LogP contribution in [0, 0.1) is 0 Å². The molecule has 4 heterocycles. The van der Waals surface area contributed by atoms with Crippen molar-refractivity contribution in [3.8, 4) is 57.5 Å². The molecule has 4 aromatic rings. The third-order valence-electron chi connectivity index (χ3n) is 6.74. The minimum Gasteiger partial charge on any atom is -0.508 e. The number of phenols is 6. The average molecular weight is 678 g/mol. The zero-order valence-electron chi connectivity index (χ0n) is 22.6. The first-order valence-electron chi connectivity index (χ1n) is 13.0. The van der Waals surface area contributed by atoms with Crippen molar-refractivity contribution < 1.29 is 40.1 Å². The molecule has 8 nitrogen and oxygen atoms in total. The van der Waals surface area contributed by atoms with Crippen molar-refractivity contribution in [3.63, 3.8) is 0 Å². The maximum atomic E-state index is 10.7. The zero-order valence-corrected chi connectivity index (χ0v) is 25.6. The number of rotatable bonds is 0. The molecule has 8 rings (SSSR count). The number of phenolic OH excluding ortho intramolecular Hbond substituents is 6. The molecule has 0 aliphatic carbocycles. The molecule has 0 fully saturated rings. The van der Waals surface area contributed by atoms with Crippen LogP contribution >= 0.6 is 46.4 Å². The van der Waals surface area contributed by atoms with E-state index in [1.165, 1.54) is 48.5 Å². The molecular formula is C32H24Cl4O8. The van der Waals surface area contributed by atoms with E-state index >= 15 is 0 Å². The Morgan fingerprint density at radius 2 is 0.795 bits per heavy atom. The summed E-state index contributed by atoms with van der Waals surface area (Å²) in [5, 5.41) is 64.3. The Morgan fingerprint density at radius 3 is 1.14 bits per heavy atom. The summed E-state index contributed by atoms with van der Waals surface area (Å²) >= 11 is 25.5. The van der Waals surface area contributed by atoms with Gasteiger partial charge < -0.3 is 40.1 Å². The van der Waals surface area contributed by atoms with Crippen molar-refractivity contribution >= 4 is 46.4 Å². The van der Waals surface area contributed by atoms with Gasteiger partial charge in [-0.15, -0.1) is 0 Å². The van der Waals surface area contributed by atoms with Crippen LogP contribution in [-0.2, 0) is 25.7 Å². The molecule has 0 radical (unpaired) electrons. The summed E-state index contributed by atoms with van der Waals surface area (Å²) in [5.74, 6) is -2.16. The topological polar surface area (TPSA) is 140 Å². The molecule has 0 atom stereocenters. The lowest BCUT2D eigenvalue weighted by atomic mass is 10.1. The summed E-state index contributed by atoms with van der Waals surface area (Å²) in [6.45, 7) is 0. The van der Waals surface area contributed by atoms with Crippen LogP contribution in [-0.4, -0.2) is 30.6 Å². The van der Waals surface area contributed by atoms with Crippen molar-refractivity contribution in [2.45, 2.75) is 25.7 Å². The van der Waals surface area contributed by atoms with Gasteiger partial charge in [-0.3, -0.25) is 0 Å². The van der Waals surface area contributed by atoms with Gasteiger partial charge in [0.2, 0.25) is 11.5 Å². The summed E-state index contributed by atoms with van der Waals surface area (Å²) in [4.78, 5) is 0. The smallest absolute Gasteiger partial charge is 0.210 e. The number of aromatic hydroxyl groups is 6. The molecule has 8 bridgehead atoms. The Hall–Kier alpha value is -4.08. The molecule has 4 aliphatic heterocycles. The van der Waals surface area contributed by atoms with Crippen LogP contribution in [0.5, 0.6) is 57.5 Å². The molecular weight excluding hydrogens is 654 g/mol. The molecule has 12 heteroatoms. The second-order valence-corrected chi connectivity index (χ2v) is 11.8. The van der Waals surface area contributed by atoms with E-state index in [0.717, 1.165) is 0 Å². The first kappa shape index (κ1) is 31.3. The monoisotopic (exact) mass is 676 g/mol. The number of halogens is 4. The van der Waals surface area contributed by atoms with Gasteiger partial charge in [0.1, 0.15) is 23.0 Å². The highest BCUT2D eigenvalue weighted by molar-refractivity contribution is 6.32. The number of hydrogen-bond acceptors (Lipinski definition) is 8. The molecule has 6 N–H and O–H groups in total. The van der Waals surface area contributed by atoms with Crippen LogP contribution in [0.2, 0.25) is 10.0 Å². The average Bonchev–Trinajstić information content (AvgIpc) is 2.93. The van der Waals surface area contributed by atoms with Crippen LogP contribution in [0.15, 0.2) is 70.7 Å². The van der Waals surface area contributed by atoms with Crippen LogP contribution in [0.3, 0.4) is 0 Å². The number of hydrogen-bond donors (Lipinski definition) is 6. The fourth-order valence-corrected chi connectivity index (χ4v) is 5.43. The summed E-state index contributed by atoms with van der Waals surface area (Å²) < 4.78 is 11.5. The fraction of sp³-hybridized carbons (Fsp3) is 0.125. The Kier molecular flexibility index (Phi) is 9.18. The molecule has 0 saturated heterocycles. The van der Waals surface area contributed by atoms with Gasteiger partial charge in [0, 0.05) is 46.2 Å². The van der Waals surface area contributed by atoms with Crippen molar-refractivity contribution in [1.82, 2.24) is 0 Å². The van der Waals surface area contributed by atoms with Gasteiger partial charge in [-0.05, 0) is 60.4 Å². The van der Waals surface area contributed by atoms with E-state index in [1.54, 1.807) is 12.2 Å². The highest BCUT2D eigenvalue weighted by Crippen LogP contribution is 2.45. The van der Waals surface area contributed by atoms with Crippen molar-refractivity contribution in [2.75, 3.05) is 0 Å². The standard InChI is InChI=1S/C32H24Cl4O8/c33-19-3-1-17-11-29(21(35)13-23(17)37)43-31-27(41)9-16(10-28(31)42)6-20(34)4-2-18-12-30(22(36)14-24(18)38)44-32-25(39)7-15(5-19)8-26(32)40/h3-4,7-14,37-42H,1-2,5-6H2/b19-3+,20-4+. The number of benzene rings is 4. The first-order valence-corrected chi connectivity index (χ1v) is 14.6. The molecule has 0 amide bonds. The van der Waals surface area contributed by atoms with E-state index in [1.807, 2.05) is 0 Å². The highest BCUT2D eigenvalue weighted by Gasteiger charge is 2.19. The lowest BCUT2D eigenvalue weighted by Crippen LogP contribution is -1.95. The minimum atomic E-state index is -0.373. The van der Waals surface area contributed by atoms with Crippen LogP contribution in [0.1, 0.15) is 22.3 Å². The molecule has 0 saturated carbocycles. The van der Waals surface area contributed by atoms with E-state index < -0.39 is 0 Å². The normalized spacial score (nSPS) is 16.2. The Labute approximate surface area is 271 Å². The highest BCUT2D eigenvalue weighted by atomic mass is 35.5. The van der Waals surface area contributed by atoms with Gasteiger partial charge in [0.15, 0.2) is 23.0 Å². The van der Waals surface area contributed by atoms with Crippen LogP contribution in [0.25, 0.3) is 0 Å². The SMILES string of the molecule is Oc1cc(Cl)c2cc1C/C=C(/Cl)Cc1cc(O)c(c(O)c1)Oc1cc(c(O)cc1Cl)C/C=C(/Cl)Cc1cc(O)c(c(O)c1)O2. The molecule has 0 spiro atoms. The summed E-state index contributed by atoms with van der Waals surface area (Å²) in [6, 6.07) is 10.9. The zero-order chi connectivity index (χ0) is 31.7. The minimum absolute atomic E-state index is 0.0264. The predicted molar refractivity (Wildman–Crippen MR) is 169 cm³/mol. The van der Waals surface area contributed by atoms with Gasteiger partial charge in [-0.2, -0.15) is 0 Å². The summed E-state index contributed by atoms with van der Waals surface area (Å²) in [5.41, 5.74) is 1.67. The van der Waals surface area contributed by atoms with Crippen molar-refractivity contribution in [3.05, 3.63) is 103 Å².